The Hall–Kier alpha value is -0.870. The number of esters is 1. The van der Waals surface area contributed by atoms with Gasteiger partial charge in [-0.1, -0.05) is 6.58 Å². The molecule has 4 nitrogen and oxygen atoms in total. The third-order valence-corrected chi connectivity index (χ3v) is 3.22. The van der Waals surface area contributed by atoms with Crippen LogP contribution in [0, 0.1) is 5.92 Å². The highest BCUT2D eigenvalue weighted by Crippen LogP contribution is 2.18. The van der Waals surface area contributed by atoms with Crippen LogP contribution < -0.4 is 0 Å². The fourth-order valence-electron chi connectivity index (χ4n) is 1.91. The molecule has 1 heterocycles. The first kappa shape index (κ1) is 16.2. The second kappa shape index (κ2) is 9.10. The molecule has 0 radical (unpaired) electrons. The minimum absolute atomic E-state index is 0.311. The van der Waals surface area contributed by atoms with Crippen molar-refractivity contribution in [2.75, 3.05) is 26.4 Å². The van der Waals surface area contributed by atoms with E-state index in [-0.39, 0.29) is 5.97 Å². The molecule has 110 valence electrons. The van der Waals surface area contributed by atoms with Gasteiger partial charge in [-0.3, -0.25) is 0 Å². The highest BCUT2D eigenvalue weighted by molar-refractivity contribution is 5.86. The van der Waals surface area contributed by atoms with E-state index in [4.69, 9.17) is 14.2 Å². The van der Waals surface area contributed by atoms with Gasteiger partial charge >= 0.3 is 5.97 Å². The Balaban J connectivity index is 1.89. The monoisotopic (exact) mass is 270 g/mol. The zero-order chi connectivity index (χ0) is 14.1. The van der Waals surface area contributed by atoms with Crippen LogP contribution in [0.1, 0.15) is 39.5 Å². The molecule has 0 N–H and O–H groups in total. The van der Waals surface area contributed by atoms with Gasteiger partial charge in [0.2, 0.25) is 0 Å². The minimum atomic E-state index is -0.311. The van der Waals surface area contributed by atoms with Crippen LogP contribution in [0.2, 0.25) is 0 Å². The lowest BCUT2D eigenvalue weighted by Crippen LogP contribution is -2.26. The Morgan fingerprint density at radius 1 is 1.32 bits per heavy atom. The van der Waals surface area contributed by atoms with Gasteiger partial charge in [-0.25, -0.2) is 4.79 Å². The lowest BCUT2D eigenvalue weighted by Gasteiger charge is -2.26. The van der Waals surface area contributed by atoms with E-state index in [1.807, 2.05) is 0 Å². The molecule has 1 aliphatic rings. The molecule has 0 saturated carbocycles. The van der Waals surface area contributed by atoms with Crippen LogP contribution in [-0.2, 0) is 19.0 Å². The molecule has 1 saturated heterocycles. The number of rotatable bonds is 8. The molecule has 0 aromatic rings. The van der Waals surface area contributed by atoms with Gasteiger partial charge < -0.3 is 14.2 Å². The number of unbranched alkanes of at least 4 members (excludes halogenated alkanes) is 1. The standard InChI is InChI=1S/C15H26O4/c1-12(2)15(16)18-9-5-4-8-17-10-14-7-6-13(3)19-11-14/h13-14H,1,4-11H2,2-3H3. The first-order chi connectivity index (χ1) is 9.09. The van der Waals surface area contributed by atoms with Gasteiger partial charge in [-0.15, -0.1) is 0 Å². The SMILES string of the molecule is C=C(C)C(=O)OCCCCOCC1CCC(C)OC1. The zero-order valence-electron chi connectivity index (χ0n) is 12.2. The van der Waals surface area contributed by atoms with E-state index in [1.165, 1.54) is 6.42 Å². The highest BCUT2D eigenvalue weighted by atomic mass is 16.5. The van der Waals surface area contributed by atoms with Crippen molar-refractivity contribution < 1.29 is 19.0 Å². The first-order valence-corrected chi connectivity index (χ1v) is 7.11. The summed E-state index contributed by atoms with van der Waals surface area (Å²) in [4.78, 5) is 11.1. The Morgan fingerprint density at radius 3 is 2.68 bits per heavy atom. The maximum absolute atomic E-state index is 11.1. The van der Waals surface area contributed by atoms with E-state index in [2.05, 4.69) is 13.5 Å². The molecule has 0 bridgehead atoms. The molecule has 0 amide bonds. The molecule has 0 aromatic heterocycles. The van der Waals surface area contributed by atoms with Gasteiger partial charge in [0.1, 0.15) is 0 Å². The van der Waals surface area contributed by atoms with Crippen molar-refractivity contribution in [2.24, 2.45) is 5.92 Å². The molecule has 4 heteroatoms. The molecule has 2 unspecified atom stereocenters. The predicted molar refractivity (Wildman–Crippen MR) is 74.0 cm³/mol. The summed E-state index contributed by atoms with van der Waals surface area (Å²) in [5, 5.41) is 0. The number of hydrogen-bond donors (Lipinski definition) is 0. The van der Waals surface area contributed by atoms with Gasteiger partial charge in [-0.05, 0) is 39.5 Å². The van der Waals surface area contributed by atoms with Crippen LogP contribution in [-0.4, -0.2) is 38.5 Å². The summed E-state index contributed by atoms with van der Waals surface area (Å²) in [5.74, 6) is 0.229. The van der Waals surface area contributed by atoms with Crippen LogP contribution in [0.4, 0.5) is 0 Å². The second-order valence-electron chi connectivity index (χ2n) is 5.29. The van der Waals surface area contributed by atoms with Crippen molar-refractivity contribution in [3.05, 3.63) is 12.2 Å². The topological polar surface area (TPSA) is 44.8 Å². The Labute approximate surface area is 116 Å². The summed E-state index contributed by atoms with van der Waals surface area (Å²) in [6.45, 7) is 10.1. The second-order valence-corrected chi connectivity index (χ2v) is 5.29. The van der Waals surface area contributed by atoms with E-state index >= 15 is 0 Å². The van der Waals surface area contributed by atoms with E-state index in [1.54, 1.807) is 6.92 Å². The summed E-state index contributed by atoms with van der Waals surface area (Å²) in [6.07, 6.45) is 4.46. The van der Waals surface area contributed by atoms with E-state index in [0.717, 1.165) is 39.1 Å². The van der Waals surface area contributed by atoms with Gasteiger partial charge in [-0.2, -0.15) is 0 Å². The quantitative estimate of drug-likeness (QED) is 0.386. The molecule has 1 aliphatic heterocycles. The van der Waals surface area contributed by atoms with Crippen molar-refractivity contribution >= 4 is 5.97 Å². The summed E-state index contributed by atoms with van der Waals surface area (Å²) in [5.41, 5.74) is 0.447. The largest absolute Gasteiger partial charge is 0.462 e. The van der Waals surface area contributed by atoms with Gasteiger partial charge in [0.05, 0.1) is 25.9 Å². The van der Waals surface area contributed by atoms with Crippen LogP contribution in [0.5, 0.6) is 0 Å². The Kier molecular flexibility index (Phi) is 7.75. The van der Waals surface area contributed by atoms with Crippen LogP contribution in [0.15, 0.2) is 12.2 Å². The van der Waals surface area contributed by atoms with E-state index in [9.17, 15) is 4.79 Å². The molecular weight excluding hydrogens is 244 g/mol. The molecular formula is C15H26O4. The third-order valence-electron chi connectivity index (χ3n) is 3.22. The summed E-state index contributed by atoms with van der Waals surface area (Å²) < 4.78 is 16.2. The smallest absolute Gasteiger partial charge is 0.333 e. The minimum Gasteiger partial charge on any atom is -0.462 e. The Bertz CT molecular complexity index is 280. The van der Waals surface area contributed by atoms with Crippen LogP contribution in [0.3, 0.4) is 0 Å². The average molecular weight is 270 g/mol. The van der Waals surface area contributed by atoms with Crippen molar-refractivity contribution in [3.63, 3.8) is 0 Å². The molecule has 0 aliphatic carbocycles. The number of carbonyl (C=O) groups excluding carboxylic acids is 1. The van der Waals surface area contributed by atoms with Crippen molar-refractivity contribution in [2.45, 2.75) is 45.6 Å². The highest BCUT2D eigenvalue weighted by Gasteiger charge is 2.18. The van der Waals surface area contributed by atoms with Gasteiger partial charge in [0.25, 0.3) is 0 Å². The molecule has 19 heavy (non-hydrogen) atoms. The van der Waals surface area contributed by atoms with Crippen molar-refractivity contribution in [1.82, 2.24) is 0 Å². The lowest BCUT2D eigenvalue weighted by molar-refractivity contribution is -0.139. The molecule has 0 spiro atoms. The van der Waals surface area contributed by atoms with E-state index in [0.29, 0.717) is 24.2 Å². The summed E-state index contributed by atoms with van der Waals surface area (Å²) in [7, 11) is 0. The molecule has 1 rings (SSSR count). The van der Waals surface area contributed by atoms with Crippen LogP contribution >= 0.6 is 0 Å². The third kappa shape index (κ3) is 7.33. The lowest BCUT2D eigenvalue weighted by atomic mass is 10.0. The maximum atomic E-state index is 11.1. The van der Waals surface area contributed by atoms with Gasteiger partial charge in [0.15, 0.2) is 0 Å². The fraction of sp³-hybridized carbons (Fsp3) is 0.800. The first-order valence-electron chi connectivity index (χ1n) is 7.11. The zero-order valence-corrected chi connectivity index (χ0v) is 12.2. The molecule has 1 fully saturated rings. The average Bonchev–Trinajstić information content (AvgIpc) is 2.39. The summed E-state index contributed by atoms with van der Waals surface area (Å²) >= 11 is 0. The summed E-state index contributed by atoms with van der Waals surface area (Å²) in [6, 6.07) is 0. The molecule has 2 atom stereocenters. The van der Waals surface area contributed by atoms with E-state index < -0.39 is 0 Å². The van der Waals surface area contributed by atoms with Crippen molar-refractivity contribution in [3.8, 4) is 0 Å². The number of ether oxygens (including phenoxy) is 3. The Morgan fingerprint density at radius 2 is 2.05 bits per heavy atom. The van der Waals surface area contributed by atoms with Crippen LogP contribution in [0.25, 0.3) is 0 Å². The van der Waals surface area contributed by atoms with Crippen molar-refractivity contribution in [1.29, 1.82) is 0 Å². The maximum Gasteiger partial charge on any atom is 0.333 e. The normalized spacial score (nSPS) is 23.1. The number of carbonyl (C=O) groups is 1. The molecule has 0 aromatic carbocycles. The van der Waals surface area contributed by atoms with Gasteiger partial charge in [0, 0.05) is 18.1 Å². The predicted octanol–water partition coefficient (Wildman–Crippen LogP) is 2.72. The fourth-order valence-corrected chi connectivity index (χ4v) is 1.91. The number of hydrogen-bond acceptors (Lipinski definition) is 4.